The number of carbonyl (C=O) groups excluding carboxylic acids is 1. The molecule has 0 aliphatic heterocycles. The maximum atomic E-state index is 12.0. The van der Waals surface area contributed by atoms with Crippen LogP contribution in [0, 0.1) is 0 Å². The van der Waals surface area contributed by atoms with E-state index in [0.29, 0.717) is 25.7 Å². The second-order valence-corrected chi connectivity index (χ2v) is 5.41. The molecule has 1 amide bonds. The number of nitrogens with one attached hydrogen (secondary N) is 1. The van der Waals surface area contributed by atoms with Crippen molar-refractivity contribution in [1.82, 2.24) is 10.2 Å². The molecule has 2 rings (SSSR count). The molecule has 1 N–H and O–H groups in total. The van der Waals surface area contributed by atoms with Crippen LogP contribution < -0.4 is 14.8 Å². The van der Waals surface area contributed by atoms with E-state index in [-0.39, 0.29) is 5.91 Å². The van der Waals surface area contributed by atoms with Crippen molar-refractivity contribution in [1.29, 1.82) is 0 Å². The maximum absolute atomic E-state index is 12.0. The predicted molar refractivity (Wildman–Crippen MR) is 86.2 cm³/mol. The zero-order valence-electron chi connectivity index (χ0n) is 13.3. The van der Waals surface area contributed by atoms with Crippen molar-refractivity contribution in [2.24, 2.45) is 0 Å². The number of hydrogen-bond donors (Lipinski definition) is 1. The molecule has 0 unspecified atom stereocenters. The Labute approximate surface area is 131 Å². The van der Waals surface area contributed by atoms with Gasteiger partial charge >= 0.3 is 0 Å². The number of nitrogens with zero attached hydrogens (tertiary/aromatic N) is 1. The van der Waals surface area contributed by atoms with E-state index in [0.717, 1.165) is 29.9 Å². The van der Waals surface area contributed by atoms with Crippen LogP contribution in [-0.2, 0) is 11.3 Å². The fourth-order valence-electron chi connectivity index (χ4n) is 2.40. The van der Waals surface area contributed by atoms with Crippen LogP contribution in [0.15, 0.2) is 30.9 Å². The first-order valence-electron chi connectivity index (χ1n) is 7.50. The first kappa shape index (κ1) is 16.4. The summed E-state index contributed by atoms with van der Waals surface area (Å²) in [5, 5.41) is 2.83. The molecule has 22 heavy (non-hydrogen) atoms. The van der Waals surface area contributed by atoms with E-state index in [4.69, 9.17) is 9.47 Å². The Hall–Kier alpha value is -2.01. The highest BCUT2D eigenvalue weighted by Gasteiger charge is 2.30. The largest absolute Gasteiger partial charge is 0.497 e. The molecule has 1 aromatic carbocycles. The molecule has 0 spiro atoms. The van der Waals surface area contributed by atoms with E-state index in [1.165, 1.54) is 0 Å². The van der Waals surface area contributed by atoms with Crippen LogP contribution in [-0.4, -0.2) is 44.2 Å². The number of benzene rings is 1. The molecule has 1 aliphatic carbocycles. The fraction of sp³-hybridized carbons (Fsp3) is 0.471. The van der Waals surface area contributed by atoms with Crippen LogP contribution in [0.4, 0.5) is 0 Å². The van der Waals surface area contributed by atoms with E-state index < -0.39 is 0 Å². The SMILES string of the molecule is C=CCNC(=O)CN(Cc1cc(OC)ccc1OC)C1CC1. The van der Waals surface area contributed by atoms with Gasteiger partial charge in [-0.25, -0.2) is 0 Å². The normalized spacial score (nSPS) is 13.8. The molecule has 5 heteroatoms. The summed E-state index contributed by atoms with van der Waals surface area (Å²) >= 11 is 0. The lowest BCUT2D eigenvalue weighted by Crippen LogP contribution is -2.38. The molecule has 0 aromatic heterocycles. The predicted octanol–water partition coefficient (Wildman–Crippen LogP) is 1.97. The molecule has 1 saturated carbocycles. The minimum Gasteiger partial charge on any atom is -0.497 e. The fourth-order valence-corrected chi connectivity index (χ4v) is 2.40. The number of amides is 1. The van der Waals surface area contributed by atoms with Crippen molar-refractivity contribution in [2.75, 3.05) is 27.3 Å². The minimum absolute atomic E-state index is 0.0219. The summed E-state index contributed by atoms with van der Waals surface area (Å²) in [6.07, 6.45) is 3.96. The average Bonchev–Trinajstić information content (AvgIpc) is 3.37. The van der Waals surface area contributed by atoms with Gasteiger partial charge in [0.1, 0.15) is 11.5 Å². The lowest BCUT2D eigenvalue weighted by Gasteiger charge is -2.22. The second-order valence-electron chi connectivity index (χ2n) is 5.41. The molecule has 1 fully saturated rings. The number of hydrogen-bond acceptors (Lipinski definition) is 4. The van der Waals surface area contributed by atoms with Gasteiger partial charge in [0.15, 0.2) is 0 Å². The summed E-state index contributed by atoms with van der Waals surface area (Å²) < 4.78 is 10.7. The Balaban J connectivity index is 2.07. The van der Waals surface area contributed by atoms with Crippen LogP contribution >= 0.6 is 0 Å². The van der Waals surface area contributed by atoms with Crippen LogP contribution in [0.2, 0.25) is 0 Å². The van der Waals surface area contributed by atoms with Gasteiger partial charge in [-0.3, -0.25) is 9.69 Å². The summed E-state index contributed by atoms with van der Waals surface area (Å²) in [4.78, 5) is 14.1. The molecule has 0 bridgehead atoms. The van der Waals surface area contributed by atoms with Crippen molar-refractivity contribution in [3.63, 3.8) is 0 Å². The first-order chi connectivity index (χ1) is 10.7. The zero-order valence-corrected chi connectivity index (χ0v) is 13.3. The first-order valence-corrected chi connectivity index (χ1v) is 7.50. The van der Waals surface area contributed by atoms with Crippen LogP contribution in [0.3, 0.4) is 0 Å². The number of methoxy groups -OCH3 is 2. The third-order valence-corrected chi connectivity index (χ3v) is 3.71. The summed E-state index contributed by atoms with van der Waals surface area (Å²) in [5.74, 6) is 1.63. The molecular formula is C17H24N2O3. The maximum Gasteiger partial charge on any atom is 0.234 e. The Morgan fingerprint density at radius 1 is 1.41 bits per heavy atom. The lowest BCUT2D eigenvalue weighted by atomic mass is 10.1. The van der Waals surface area contributed by atoms with Crippen molar-refractivity contribution in [2.45, 2.75) is 25.4 Å². The van der Waals surface area contributed by atoms with Crippen molar-refractivity contribution in [3.8, 4) is 11.5 Å². The standard InChI is InChI=1S/C17H24N2O3/c1-4-9-18-17(20)12-19(14-5-6-14)11-13-10-15(21-2)7-8-16(13)22-3/h4,7-8,10,14H,1,5-6,9,11-12H2,2-3H3,(H,18,20). The highest BCUT2D eigenvalue weighted by Crippen LogP contribution is 2.31. The molecule has 0 heterocycles. The van der Waals surface area contributed by atoms with E-state index in [1.54, 1.807) is 20.3 Å². The highest BCUT2D eigenvalue weighted by atomic mass is 16.5. The summed E-state index contributed by atoms with van der Waals surface area (Å²) in [6.45, 7) is 5.17. The number of ether oxygens (including phenoxy) is 2. The quantitative estimate of drug-likeness (QED) is 0.709. The van der Waals surface area contributed by atoms with Crippen LogP contribution in [0.5, 0.6) is 11.5 Å². The third-order valence-electron chi connectivity index (χ3n) is 3.71. The van der Waals surface area contributed by atoms with Gasteiger partial charge in [-0.1, -0.05) is 6.08 Å². The third kappa shape index (κ3) is 4.49. The van der Waals surface area contributed by atoms with Crippen molar-refractivity contribution in [3.05, 3.63) is 36.4 Å². The Morgan fingerprint density at radius 3 is 2.77 bits per heavy atom. The topological polar surface area (TPSA) is 50.8 Å². The van der Waals surface area contributed by atoms with Gasteiger partial charge in [0.05, 0.1) is 20.8 Å². The van der Waals surface area contributed by atoms with E-state index in [2.05, 4.69) is 16.8 Å². The van der Waals surface area contributed by atoms with Gasteiger partial charge < -0.3 is 14.8 Å². The van der Waals surface area contributed by atoms with Crippen LogP contribution in [0.1, 0.15) is 18.4 Å². The van der Waals surface area contributed by atoms with Gasteiger partial charge in [-0.05, 0) is 31.0 Å². The molecule has 1 aliphatic rings. The van der Waals surface area contributed by atoms with E-state index in [9.17, 15) is 4.79 Å². The van der Waals surface area contributed by atoms with Gasteiger partial charge in [0, 0.05) is 24.7 Å². The minimum atomic E-state index is 0.0219. The van der Waals surface area contributed by atoms with Crippen molar-refractivity contribution < 1.29 is 14.3 Å². The smallest absolute Gasteiger partial charge is 0.234 e. The number of carbonyl (C=O) groups is 1. The lowest BCUT2D eigenvalue weighted by molar-refractivity contribution is -0.122. The monoisotopic (exact) mass is 304 g/mol. The second kappa shape index (κ2) is 7.84. The molecule has 120 valence electrons. The molecule has 0 atom stereocenters. The average molecular weight is 304 g/mol. The van der Waals surface area contributed by atoms with Gasteiger partial charge in [-0.15, -0.1) is 6.58 Å². The van der Waals surface area contributed by atoms with E-state index >= 15 is 0 Å². The zero-order chi connectivity index (χ0) is 15.9. The summed E-state index contributed by atoms with van der Waals surface area (Å²) in [5.41, 5.74) is 1.03. The Morgan fingerprint density at radius 2 is 2.18 bits per heavy atom. The molecule has 0 saturated heterocycles. The number of rotatable bonds is 9. The summed E-state index contributed by atoms with van der Waals surface area (Å²) in [7, 11) is 3.30. The van der Waals surface area contributed by atoms with Gasteiger partial charge in [0.25, 0.3) is 0 Å². The van der Waals surface area contributed by atoms with Crippen LogP contribution in [0.25, 0.3) is 0 Å². The highest BCUT2D eigenvalue weighted by molar-refractivity contribution is 5.78. The Bertz CT molecular complexity index is 527. The Kier molecular flexibility index (Phi) is 5.83. The molecule has 5 nitrogen and oxygen atoms in total. The van der Waals surface area contributed by atoms with Gasteiger partial charge in [-0.2, -0.15) is 0 Å². The molecule has 0 radical (unpaired) electrons. The van der Waals surface area contributed by atoms with E-state index in [1.807, 2.05) is 18.2 Å². The summed E-state index contributed by atoms with van der Waals surface area (Å²) in [6, 6.07) is 6.22. The van der Waals surface area contributed by atoms with Gasteiger partial charge in [0.2, 0.25) is 5.91 Å². The molecular weight excluding hydrogens is 280 g/mol. The van der Waals surface area contributed by atoms with Crippen molar-refractivity contribution >= 4 is 5.91 Å². The molecule has 1 aromatic rings.